The molecule has 1 aromatic heterocycles. The lowest BCUT2D eigenvalue weighted by Gasteiger charge is -2.03. The number of para-hydroxylation sites is 1. The van der Waals surface area contributed by atoms with Crippen LogP contribution >= 0.6 is 0 Å². The Morgan fingerprint density at radius 2 is 1.88 bits per heavy atom. The Balaban J connectivity index is 2.31. The molecule has 0 amide bonds. The van der Waals surface area contributed by atoms with E-state index in [4.69, 9.17) is 0 Å². The highest BCUT2D eigenvalue weighted by molar-refractivity contribution is 5.62. The largest absolute Gasteiger partial charge is 0.507 e. The van der Waals surface area contributed by atoms with Crippen LogP contribution in [0.2, 0.25) is 0 Å². The van der Waals surface area contributed by atoms with Gasteiger partial charge in [-0.3, -0.25) is 0 Å². The van der Waals surface area contributed by atoms with Gasteiger partial charge in [0, 0.05) is 24.5 Å². The molecule has 0 aliphatic heterocycles. The number of rotatable bonds is 3. The van der Waals surface area contributed by atoms with Gasteiger partial charge >= 0.3 is 0 Å². The van der Waals surface area contributed by atoms with Crippen molar-refractivity contribution in [2.24, 2.45) is 0 Å². The molecule has 0 unspecified atom stereocenters. The second kappa shape index (κ2) is 4.72. The molecule has 0 bridgehead atoms. The van der Waals surface area contributed by atoms with Gasteiger partial charge in [-0.1, -0.05) is 12.1 Å². The van der Waals surface area contributed by atoms with Gasteiger partial charge in [-0.15, -0.1) is 0 Å². The molecule has 2 N–H and O–H groups in total. The van der Waals surface area contributed by atoms with Gasteiger partial charge in [0.05, 0.1) is 5.56 Å². The van der Waals surface area contributed by atoms with E-state index in [0.29, 0.717) is 11.4 Å². The topological polar surface area (TPSA) is 58.0 Å². The highest BCUT2D eigenvalue weighted by atomic mass is 16.3. The first kappa shape index (κ1) is 10.6. The van der Waals surface area contributed by atoms with Gasteiger partial charge in [0.25, 0.3) is 0 Å². The third-order valence-corrected chi connectivity index (χ3v) is 2.23. The Morgan fingerprint density at radius 3 is 2.50 bits per heavy atom. The van der Waals surface area contributed by atoms with E-state index in [1.54, 1.807) is 30.6 Å². The number of hydrogen-bond donors (Lipinski definition) is 2. The first-order valence-electron chi connectivity index (χ1n) is 5.05. The van der Waals surface area contributed by atoms with Gasteiger partial charge in [0.2, 0.25) is 0 Å². The van der Waals surface area contributed by atoms with Gasteiger partial charge in [0.15, 0.2) is 5.82 Å². The zero-order valence-electron chi connectivity index (χ0n) is 9.01. The van der Waals surface area contributed by atoms with Crippen LogP contribution in [0.25, 0.3) is 11.4 Å². The van der Waals surface area contributed by atoms with Crippen molar-refractivity contribution >= 4 is 0 Å². The third kappa shape index (κ3) is 2.17. The minimum Gasteiger partial charge on any atom is -0.507 e. The van der Waals surface area contributed by atoms with Crippen LogP contribution in [0.5, 0.6) is 5.75 Å². The van der Waals surface area contributed by atoms with Gasteiger partial charge < -0.3 is 10.4 Å². The number of aromatic hydroxyl groups is 1. The zero-order chi connectivity index (χ0) is 11.4. The number of benzene rings is 1. The van der Waals surface area contributed by atoms with Crippen molar-refractivity contribution in [1.82, 2.24) is 15.3 Å². The molecule has 0 fully saturated rings. The quantitative estimate of drug-likeness (QED) is 0.816. The van der Waals surface area contributed by atoms with E-state index < -0.39 is 0 Å². The number of phenolic OH excluding ortho intramolecular Hbond substituents is 1. The molecule has 0 radical (unpaired) electrons. The van der Waals surface area contributed by atoms with E-state index in [1.807, 2.05) is 13.1 Å². The number of aromatic nitrogens is 2. The fourth-order valence-corrected chi connectivity index (χ4v) is 1.45. The Morgan fingerprint density at radius 1 is 1.19 bits per heavy atom. The summed E-state index contributed by atoms with van der Waals surface area (Å²) in [5.41, 5.74) is 1.67. The maximum Gasteiger partial charge on any atom is 0.162 e. The van der Waals surface area contributed by atoms with E-state index in [1.165, 1.54) is 0 Å². The van der Waals surface area contributed by atoms with Crippen LogP contribution < -0.4 is 5.32 Å². The second-order valence-electron chi connectivity index (χ2n) is 3.46. The van der Waals surface area contributed by atoms with Crippen molar-refractivity contribution in [3.8, 4) is 17.1 Å². The van der Waals surface area contributed by atoms with Crippen molar-refractivity contribution in [1.29, 1.82) is 0 Å². The molecule has 4 heteroatoms. The summed E-state index contributed by atoms with van der Waals surface area (Å²) < 4.78 is 0. The summed E-state index contributed by atoms with van der Waals surface area (Å²) in [7, 11) is 1.87. The smallest absolute Gasteiger partial charge is 0.162 e. The third-order valence-electron chi connectivity index (χ3n) is 2.23. The normalized spacial score (nSPS) is 10.3. The average Bonchev–Trinajstić information content (AvgIpc) is 2.31. The van der Waals surface area contributed by atoms with Crippen LogP contribution in [0.15, 0.2) is 36.7 Å². The SMILES string of the molecule is CNCc1cnc(-c2ccccc2O)nc1. The van der Waals surface area contributed by atoms with Crippen LogP contribution in [0, 0.1) is 0 Å². The fraction of sp³-hybridized carbons (Fsp3) is 0.167. The zero-order valence-corrected chi connectivity index (χ0v) is 9.01. The van der Waals surface area contributed by atoms with Gasteiger partial charge in [-0.25, -0.2) is 9.97 Å². The second-order valence-corrected chi connectivity index (χ2v) is 3.46. The Labute approximate surface area is 94.0 Å². The van der Waals surface area contributed by atoms with Gasteiger partial charge in [-0.05, 0) is 19.2 Å². The van der Waals surface area contributed by atoms with Crippen molar-refractivity contribution in [2.75, 3.05) is 7.05 Å². The van der Waals surface area contributed by atoms with Crippen LogP contribution in [0.1, 0.15) is 5.56 Å². The van der Waals surface area contributed by atoms with Crippen molar-refractivity contribution in [2.45, 2.75) is 6.54 Å². The lowest BCUT2D eigenvalue weighted by Crippen LogP contribution is -2.06. The summed E-state index contributed by atoms with van der Waals surface area (Å²) in [6, 6.07) is 7.04. The molecule has 0 spiro atoms. The van der Waals surface area contributed by atoms with Crippen LogP contribution in [0.4, 0.5) is 0 Å². The summed E-state index contributed by atoms with van der Waals surface area (Å²) in [6.07, 6.45) is 3.51. The van der Waals surface area contributed by atoms with E-state index in [-0.39, 0.29) is 5.75 Å². The van der Waals surface area contributed by atoms with E-state index in [2.05, 4.69) is 15.3 Å². The molecule has 0 saturated heterocycles. The van der Waals surface area contributed by atoms with Crippen molar-refractivity contribution in [3.05, 3.63) is 42.2 Å². The maximum absolute atomic E-state index is 9.64. The first-order chi connectivity index (χ1) is 7.81. The highest BCUT2D eigenvalue weighted by Gasteiger charge is 2.05. The molecule has 16 heavy (non-hydrogen) atoms. The molecule has 0 aliphatic rings. The molecule has 1 aromatic carbocycles. The standard InChI is InChI=1S/C12H13N3O/c1-13-6-9-7-14-12(15-8-9)10-4-2-3-5-11(10)16/h2-5,7-8,13,16H,6H2,1H3. The van der Waals surface area contributed by atoms with Crippen molar-refractivity contribution < 1.29 is 5.11 Å². The molecule has 4 nitrogen and oxygen atoms in total. The minimum absolute atomic E-state index is 0.198. The number of nitrogens with one attached hydrogen (secondary N) is 1. The molecule has 0 saturated carbocycles. The molecule has 0 aliphatic carbocycles. The molecule has 2 aromatic rings. The first-order valence-corrected chi connectivity index (χ1v) is 5.05. The lowest BCUT2D eigenvalue weighted by atomic mass is 10.2. The molecule has 0 atom stereocenters. The fourth-order valence-electron chi connectivity index (χ4n) is 1.45. The maximum atomic E-state index is 9.64. The summed E-state index contributed by atoms with van der Waals surface area (Å²) in [4.78, 5) is 8.43. The van der Waals surface area contributed by atoms with Crippen LogP contribution in [0.3, 0.4) is 0 Å². The highest BCUT2D eigenvalue weighted by Crippen LogP contribution is 2.24. The predicted molar refractivity (Wildman–Crippen MR) is 61.9 cm³/mol. The number of nitrogens with zero attached hydrogens (tertiary/aromatic N) is 2. The van der Waals surface area contributed by atoms with E-state index in [0.717, 1.165) is 12.1 Å². The lowest BCUT2D eigenvalue weighted by molar-refractivity contribution is 0.477. The van der Waals surface area contributed by atoms with Crippen LogP contribution in [-0.2, 0) is 6.54 Å². The predicted octanol–water partition coefficient (Wildman–Crippen LogP) is 1.57. The Bertz CT molecular complexity index is 468. The van der Waals surface area contributed by atoms with Crippen LogP contribution in [-0.4, -0.2) is 22.1 Å². The number of phenols is 1. The Hall–Kier alpha value is -1.94. The van der Waals surface area contributed by atoms with Gasteiger partial charge in [0.1, 0.15) is 5.75 Å². The molecule has 82 valence electrons. The summed E-state index contributed by atoms with van der Waals surface area (Å²) >= 11 is 0. The summed E-state index contributed by atoms with van der Waals surface area (Å²) in [6.45, 7) is 0.737. The molecular weight excluding hydrogens is 202 g/mol. The molecule has 2 rings (SSSR count). The summed E-state index contributed by atoms with van der Waals surface area (Å²) in [5.74, 6) is 0.738. The monoisotopic (exact) mass is 215 g/mol. The van der Waals surface area contributed by atoms with Crippen molar-refractivity contribution in [3.63, 3.8) is 0 Å². The molecular formula is C12H13N3O. The minimum atomic E-state index is 0.198. The van der Waals surface area contributed by atoms with Gasteiger partial charge in [-0.2, -0.15) is 0 Å². The number of hydrogen-bond acceptors (Lipinski definition) is 4. The van der Waals surface area contributed by atoms with E-state index >= 15 is 0 Å². The molecule has 1 heterocycles. The Kier molecular flexibility index (Phi) is 3.12. The average molecular weight is 215 g/mol. The summed E-state index contributed by atoms with van der Waals surface area (Å²) in [5, 5.41) is 12.7. The van der Waals surface area contributed by atoms with E-state index in [9.17, 15) is 5.11 Å².